The van der Waals surface area contributed by atoms with Crippen LogP contribution in [0.15, 0.2) is 18.2 Å². The van der Waals surface area contributed by atoms with E-state index < -0.39 is 11.6 Å². The molecule has 1 aromatic carbocycles. The number of halogens is 3. The van der Waals surface area contributed by atoms with Crippen LogP contribution in [0.5, 0.6) is 0 Å². The minimum Gasteiger partial charge on any atom is -0.207 e. The Kier molecular flexibility index (Phi) is 4.65. The van der Waals surface area contributed by atoms with Crippen molar-refractivity contribution in [2.24, 2.45) is 11.3 Å². The van der Waals surface area contributed by atoms with Gasteiger partial charge in [0.1, 0.15) is 11.6 Å². The van der Waals surface area contributed by atoms with Gasteiger partial charge in [-0.1, -0.05) is 48.7 Å². The smallest absolute Gasteiger partial charge is 0.130 e. The van der Waals surface area contributed by atoms with Crippen LogP contribution in [-0.2, 0) is 0 Å². The third-order valence-electron chi connectivity index (χ3n) is 4.19. The zero-order valence-electron chi connectivity index (χ0n) is 11.6. The fourth-order valence-corrected chi connectivity index (χ4v) is 4.51. The van der Waals surface area contributed by atoms with Gasteiger partial charge in [-0.3, -0.25) is 0 Å². The second-order valence-corrected chi connectivity index (χ2v) is 7.11. The van der Waals surface area contributed by atoms with E-state index in [-0.39, 0.29) is 10.2 Å². The van der Waals surface area contributed by atoms with Crippen LogP contribution in [0.2, 0.25) is 0 Å². The number of rotatable bonds is 4. The maximum atomic E-state index is 14.0. The van der Waals surface area contributed by atoms with Crippen molar-refractivity contribution < 1.29 is 8.78 Å². The van der Waals surface area contributed by atoms with E-state index in [2.05, 4.69) is 29.8 Å². The molecule has 0 aromatic heterocycles. The normalized spacial score (nSPS) is 19.9. The van der Waals surface area contributed by atoms with E-state index in [0.29, 0.717) is 11.5 Å². The molecule has 1 atom stereocenters. The van der Waals surface area contributed by atoms with Crippen LogP contribution in [0.4, 0.5) is 8.78 Å². The third-order valence-corrected chi connectivity index (χ3v) is 5.65. The summed E-state index contributed by atoms with van der Waals surface area (Å²) in [6, 6.07) is 3.93. The van der Waals surface area contributed by atoms with E-state index in [4.69, 9.17) is 0 Å². The van der Waals surface area contributed by atoms with E-state index in [1.807, 2.05) is 0 Å². The molecule has 0 bridgehead atoms. The Bertz CT molecular complexity index is 436. The highest BCUT2D eigenvalue weighted by molar-refractivity contribution is 9.09. The van der Waals surface area contributed by atoms with Gasteiger partial charge in [0.15, 0.2) is 0 Å². The standard InChI is InChI=1S/C16H21BrF2/c1-11(2)10-16(7-3-4-8-16)15(17)13-6-5-12(18)9-14(13)19/h5-6,9,11,15H,3-4,7-8,10H2,1-2H3. The summed E-state index contributed by atoms with van der Waals surface area (Å²) in [6.07, 6.45) is 5.74. The lowest BCUT2D eigenvalue weighted by molar-refractivity contribution is 0.227. The lowest BCUT2D eigenvalue weighted by atomic mass is 9.74. The fourth-order valence-electron chi connectivity index (χ4n) is 3.49. The topological polar surface area (TPSA) is 0 Å². The average Bonchev–Trinajstić information content (AvgIpc) is 2.77. The van der Waals surface area contributed by atoms with E-state index in [1.54, 1.807) is 6.07 Å². The maximum absolute atomic E-state index is 14.0. The molecular weight excluding hydrogens is 310 g/mol. The van der Waals surface area contributed by atoms with Gasteiger partial charge in [-0.25, -0.2) is 8.78 Å². The third kappa shape index (κ3) is 3.18. The number of benzene rings is 1. The predicted molar refractivity (Wildman–Crippen MR) is 78.4 cm³/mol. The Morgan fingerprint density at radius 1 is 1.21 bits per heavy atom. The second kappa shape index (κ2) is 5.90. The summed E-state index contributed by atoms with van der Waals surface area (Å²) < 4.78 is 27.0. The Hall–Kier alpha value is -0.440. The van der Waals surface area contributed by atoms with Crippen molar-refractivity contribution >= 4 is 15.9 Å². The van der Waals surface area contributed by atoms with Gasteiger partial charge in [0, 0.05) is 16.5 Å². The highest BCUT2D eigenvalue weighted by Crippen LogP contribution is 2.55. The van der Waals surface area contributed by atoms with Crippen molar-refractivity contribution in [3.8, 4) is 0 Å². The van der Waals surface area contributed by atoms with E-state index in [9.17, 15) is 8.78 Å². The molecule has 1 saturated carbocycles. The number of hydrogen-bond donors (Lipinski definition) is 0. The molecule has 1 unspecified atom stereocenters. The van der Waals surface area contributed by atoms with Crippen LogP contribution >= 0.6 is 15.9 Å². The number of alkyl halides is 1. The Morgan fingerprint density at radius 3 is 2.37 bits per heavy atom. The summed E-state index contributed by atoms with van der Waals surface area (Å²) in [6.45, 7) is 4.42. The lowest BCUT2D eigenvalue weighted by Gasteiger charge is -2.36. The van der Waals surface area contributed by atoms with E-state index in [1.165, 1.54) is 18.9 Å². The molecular formula is C16H21BrF2. The van der Waals surface area contributed by atoms with Crippen molar-refractivity contribution in [2.75, 3.05) is 0 Å². The molecule has 1 aliphatic carbocycles. The first-order valence-electron chi connectivity index (χ1n) is 7.04. The van der Waals surface area contributed by atoms with E-state index >= 15 is 0 Å². The van der Waals surface area contributed by atoms with Crippen molar-refractivity contribution in [1.29, 1.82) is 0 Å². The van der Waals surface area contributed by atoms with Crippen LogP contribution in [0, 0.1) is 23.0 Å². The monoisotopic (exact) mass is 330 g/mol. The molecule has 1 aliphatic rings. The van der Waals surface area contributed by atoms with Gasteiger partial charge in [0.05, 0.1) is 0 Å². The zero-order valence-corrected chi connectivity index (χ0v) is 13.1. The van der Waals surface area contributed by atoms with Crippen LogP contribution in [0.1, 0.15) is 56.3 Å². The maximum Gasteiger partial charge on any atom is 0.130 e. The summed E-state index contributed by atoms with van der Waals surface area (Å²) in [5.74, 6) is -0.358. The van der Waals surface area contributed by atoms with Crippen LogP contribution < -0.4 is 0 Å². The summed E-state index contributed by atoms with van der Waals surface area (Å²) in [5.41, 5.74) is 0.719. The van der Waals surface area contributed by atoms with Crippen molar-refractivity contribution in [1.82, 2.24) is 0 Å². The minimum atomic E-state index is -0.509. The van der Waals surface area contributed by atoms with Gasteiger partial charge in [0.25, 0.3) is 0 Å². The molecule has 19 heavy (non-hydrogen) atoms. The highest BCUT2D eigenvalue weighted by Gasteiger charge is 2.41. The van der Waals surface area contributed by atoms with Gasteiger partial charge in [0.2, 0.25) is 0 Å². The molecule has 0 aliphatic heterocycles. The van der Waals surface area contributed by atoms with Gasteiger partial charge < -0.3 is 0 Å². The van der Waals surface area contributed by atoms with Crippen molar-refractivity contribution in [3.05, 3.63) is 35.4 Å². The van der Waals surface area contributed by atoms with Crippen LogP contribution in [0.25, 0.3) is 0 Å². The van der Waals surface area contributed by atoms with Gasteiger partial charge in [-0.05, 0) is 36.7 Å². The van der Waals surface area contributed by atoms with Gasteiger partial charge in [-0.15, -0.1) is 0 Å². The molecule has 0 heterocycles. The molecule has 0 saturated heterocycles. The molecule has 1 fully saturated rings. The van der Waals surface area contributed by atoms with Crippen LogP contribution in [-0.4, -0.2) is 0 Å². The molecule has 2 rings (SSSR count). The highest BCUT2D eigenvalue weighted by atomic mass is 79.9. The molecule has 1 aromatic rings. The summed E-state index contributed by atoms with van der Waals surface area (Å²) >= 11 is 3.71. The first-order chi connectivity index (χ1) is 8.94. The Balaban J connectivity index is 2.31. The second-order valence-electron chi connectivity index (χ2n) is 6.20. The van der Waals surface area contributed by atoms with Crippen molar-refractivity contribution in [3.63, 3.8) is 0 Å². The molecule has 0 N–H and O–H groups in total. The van der Waals surface area contributed by atoms with E-state index in [0.717, 1.165) is 25.3 Å². The van der Waals surface area contributed by atoms with Crippen molar-refractivity contribution in [2.45, 2.75) is 50.8 Å². The summed E-state index contributed by atoms with van der Waals surface area (Å²) in [4.78, 5) is -0.0227. The molecule has 0 radical (unpaired) electrons. The predicted octanol–water partition coefficient (Wildman–Crippen LogP) is 6.01. The number of hydrogen-bond acceptors (Lipinski definition) is 0. The Morgan fingerprint density at radius 2 is 1.84 bits per heavy atom. The zero-order chi connectivity index (χ0) is 14.0. The minimum absolute atomic E-state index is 0.0227. The summed E-state index contributed by atoms with van der Waals surface area (Å²) in [7, 11) is 0. The fraction of sp³-hybridized carbons (Fsp3) is 0.625. The molecule has 0 nitrogen and oxygen atoms in total. The molecule has 106 valence electrons. The summed E-state index contributed by atoms with van der Waals surface area (Å²) in [5, 5.41) is 0. The average molecular weight is 331 g/mol. The molecule has 0 spiro atoms. The molecule has 3 heteroatoms. The van der Waals surface area contributed by atoms with Crippen LogP contribution in [0.3, 0.4) is 0 Å². The first-order valence-corrected chi connectivity index (χ1v) is 7.95. The SMILES string of the molecule is CC(C)CC1(C(Br)c2ccc(F)cc2F)CCCC1. The largest absolute Gasteiger partial charge is 0.207 e. The van der Waals surface area contributed by atoms with Gasteiger partial charge >= 0.3 is 0 Å². The molecule has 0 amide bonds. The quantitative estimate of drug-likeness (QED) is 0.593. The lowest BCUT2D eigenvalue weighted by Crippen LogP contribution is -2.25. The van der Waals surface area contributed by atoms with Gasteiger partial charge in [-0.2, -0.15) is 0 Å². The first kappa shape index (κ1) is 15.0. The Labute approximate surface area is 122 Å².